The van der Waals surface area contributed by atoms with E-state index in [1.165, 1.54) is 17.0 Å². The number of halogens is 1. The Morgan fingerprint density at radius 1 is 0.951 bits per heavy atom. The van der Waals surface area contributed by atoms with Gasteiger partial charge in [0, 0.05) is 24.1 Å². The molecule has 1 heterocycles. The summed E-state index contributed by atoms with van der Waals surface area (Å²) in [6, 6.07) is 21.6. The van der Waals surface area contributed by atoms with Gasteiger partial charge >= 0.3 is 0 Å². The fourth-order valence-electron chi connectivity index (χ4n) is 5.20. The van der Waals surface area contributed by atoms with E-state index < -0.39 is 17.8 Å². The number of hydrogen-bond donors (Lipinski definition) is 2. The van der Waals surface area contributed by atoms with Crippen molar-refractivity contribution in [3.63, 3.8) is 0 Å². The lowest BCUT2D eigenvalue weighted by Crippen LogP contribution is -2.47. The van der Waals surface area contributed by atoms with Gasteiger partial charge in [-0.25, -0.2) is 4.39 Å². The molecule has 1 saturated carbocycles. The standard InChI is InChI=1S/C31H30FN3O2.2C2H6.H2/c1-2-21-11-6-8-17-26(21)29(30(36)33-24-14-4-3-5-15-24)35(25-16-10-13-23(32)20-25)31(37)28-19-22-12-7-9-18-27(22)34-28;2*1-2;/h2,6-13,16-20,24,29,34H,1,3-5,14-15H2,(H,33,36);2*1-2H3;1H. The molecule has 4 aromatic rings. The summed E-state index contributed by atoms with van der Waals surface area (Å²) in [5.41, 5.74) is 2.78. The number of aromatic nitrogens is 1. The third-order valence-electron chi connectivity index (χ3n) is 7.03. The van der Waals surface area contributed by atoms with Gasteiger partial charge in [0.05, 0.1) is 0 Å². The number of para-hydroxylation sites is 1. The molecule has 5 nitrogen and oxygen atoms in total. The van der Waals surface area contributed by atoms with Crippen LogP contribution < -0.4 is 10.2 Å². The summed E-state index contributed by atoms with van der Waals surface area (Å²) in [5.74, 6) is -1.21. The summed E-state index contributed by atoms with van der Waals surface area (Å²) in [7, 11) is 0. The van der Waals surface area contributed by atoms with E-state index in [9.17, 15) is 14.0 Å². The first kappa shape index (κ1) is 31.3. The maximum absolute atomic E-state index is 14.5. The largest absolute Gasteiger partial charge is 0.351 e. The fraction of sp³-hybridized carbons (Fsp3) is 0.314. The molecular weight excluding hydrogens is 513 g/mol. The number of nitrogens with zero attached hydrogens (tertiary/aromatic N) is 1. The molecule has 1 atom stereocenters. The highest BCUT2D eigenvalue weighted by Gasteiger charge is 2.36. The summed E-state index contributed by atoms with van der Waals surface area (Å²) >= 11 is 0. The van der Waals surface area contributed by atoms with Crippen LogP contribution in [0.1, 0.15) is 88.9 Å². The van der Waals surface area contributed by atoms with E-state index in [0.29, 0.717) is 16.9 Å². The number of carbonyl (C=O) groups excluding carboxylic acids is 2. The molecule has 0 spiro atoms. The maximum atomic E-state index is 14.5. The molecule has 1 aromatic heterocycles. The molecule has 5 rings (SSSR count). The highest BCUT2D eigenvalue weighted by molar-refractivity contribution is 6.11. The van der Waals surface area contributed by atoms with Crippen molar-refractivity contribution in [3.8, 4) is 0 Å². The minimum atomic E-state index is -1.03. The molecule has 1 aliphatic rings. The van der Waals surface area contributed by atoms with Crippen LogP contribution >= 0.6 is 0 Å². The first-order chi connectivity index (χ1) is 20.0. The van der Waals surface area contributed by atoms with Crippen LogP contribution in [0.2, 0.25) is 0 Å². The minimum absolute atomic E-state index is 0. The number of H-pyrrole nitrogens is 1. The summed E-state index contributed by atoms with van der Waals surface area (Å²) in [6.07, 6.45) is 6.74. The highest BCUT2D eigenvalue weighted by Crippen LogP contribution is 2.33. The molecule has 2 N–H and O–H groups in total. The Kier molecular flexibility index (Phi) is 11.9. The first-order valence-electron chi connectivity index (χ1n) is 14.7. The van der Waals surface area contributed by atoms with E-state index >= 15 is 0 Å². The quantitative estimate of drug-likeness (QED) is 0.238. The summed E-state index contributed by atoms with van der Waals surface area (Å²) < 4.78 is 14.5. The van der Waals surface area contributed by atoms with Crippen molar-refractivity contribution in [2.45, 2.75) is 71.9 Å². The lowest BCUT2D eigenvalue weighted by atomic mass is 9.93. The van der Waals surface area contributed by atoms with E-state index in [-0.39, 0.29) is 13.4 Å². The van der Waals surface area contributed by atoms with Gasteiger partial charge in [-0.05, 0) is 54.3 Å². The van der Waals surface area contributed by atoms with E-state index in [2.05, 4.69) is 16.9 Å². The zero-order valence-electron chi connectivity index (χ0n) is 24.6. The fourth-order valence-corrected chi connectivity index (χ4v) is 5.20. The van der Waals surface area contributed by atoms with Crippen molar-refractivity contribution in [1.82, 2.24) is 10.3 Å². The number of hydrogen-bond acceptors (Lipinski definition) is 2. The molecule has 0 aliphatic heterocycles. The van der Waals surface area contributed by atoms with E-state index in [1.54, 1.807) is 24.3 Å². The summed E-state index contributed by atoms with van der Waals surface area (Å²) in [6.45, 7) is 11.9. The highest BCUT2D eigenvalue weighted by atomic mass is 19.1. The normalized spacial score (nSPS) is 13.6. The Hall–Kier alpha value is -4.19. The van der Waals surface area contributed by atoms with Crippen LogP contribution in [0.5, 0.6) is 0 Å². The summed E-state index contributed by atoms with van der Waals surface area (Å²) in [4.78, 5) is 32.8. The van der Waals surface area contributed by atoms with Crippen LogP contribution in [-0.2, 0) is 4.79 Å². The average molecular weight is 558 g/mol. The molecule has 218 valence electrons. The van der Waals surface area contributed by atoms with Crippen LogP contribution in [0.15, 0.2) is 85.4 Å². The Morgan fingerprint density at radius 3 is 2.32 bits per heavy atom. The van der Waals surface area contributed by atoms with Crippen molar-refractivity contribution in [2.75, 3.05) is 4.90 Å². The predicted molar refractivity (Wildman–Crippen MR) is 171 cm³/mol. The van der Waals surface area contributed by atoms with Gasteiger partial charge in [-0.15, -0.1) is 0 Å². The van der Waals surface area contributed by atoms with Crippen LogP contribution in [0.25, 0.3) is 17.0 Å². The Bertz CT molecular complexity index is 1410. The van der Waals surface area contributed by atoms with Gasteiger partial charge in [-0.1, -0.05) is 108 Å². The van der Waals surface area contributed by atoms with Crippen molar-refractivity contribution < 1.29 is 15.4 Å². The Morgan fingerprint density at radius 2 is 1.63 bits per heavy atom. The number of nitrogens with one attached hydrogen (secondary N) is 2. The number of benzene rings is 3. The number of carbonyl (C=O) groups is 2. The minimum Gasteiger partial charge on any atom is -0.351 e. The van der Waals surface area contributed by atoms with E-state index in [4.69, 9.17) is 0 Å². The lowest BCUT2D eigenvalue weighted by Gasteiger charge is -2.34. The molecule has 2 amide bonds. The molecule has 3 aromatic carbocycles. The molecule has 0 bridgehead atoms. The Balaban J connectivity index is 0.00000118. The number of fused-ring (bicyclic) bond motifs is 1. The van der Waals surface area contributed by atoms with Crippen molar-refractivity contribution >= 4 is 34.5 Å². The van der Waals surface area contributed by atoms with Crippen molar-refractivity contribution in [3.05, 3.63) is 108 Å². The predicted octanol–water partition coefficient (Wildman–Crippen LogP) is 9.09. The zero-order valence-corrected chi connectivity index (χ0v) is 24.6. The molecule has 1 fully saturated rings. The maximum Gasteiger partial charge on any atom is 0.275 e. The second kappa shape index (κ2) is 15.6. The van der Waals surface area contributed by atoms with Gasteiger partial charge in [0.2, 0.25) is 5.91 Å². The molecule has 1 aliphatic carbocycles. The number of anilines is 1. The van der Waals surface area contributed by atoms with E-state index in [1.807, 2.05) is 76.2 Å². The van der Waals surface area contributed by atoms with Gasteiger partial charge < -0.3 is 10.3 Å². The van der Waals surface area contributed by atoms with Gasteiger partial charge in [-0.2, -0.15) is 0 Å². The van der Waals surface area contributed by atoms with E-state index in [0.717, 1.165) is 48.6 Å². The van der Waals surface area contributed by atoms with Crippen LogP contribution in [0.3, 0.4) is 0 Å². The van der Waals surface area contributed by atoms with Crippen LogP contribution in [-0.4, -0.2) is 22.8 Å². The molecule has 1 unspecified atom stereocenters. The van der Waals surface area contributed by atoms with Gasteiger partial charge in [0.15, 0.2) is 0 Å². The molecule has 0 radical (unpaired) electrons. The van der Waals surface area contributed by atoms with Gasteiger partial charge in [-0.3, -0.25) is 14.5 Å². The van der Waals surface area contributed by atoms with Gasteiger partial charge in [0.1, 0.15) is 17.6 Å². The number of amides is 2. The third kappa shape index (κ3) is 7.51. The smallest absolute Gasteiger partial charge is 0.275 e. The molecule has 41 heavy (non-hydrogen) atoms. The monoisotopic (exact) mass is 557 g/mol. The van der Waals surface area contributed by atoms with Gasteiger partial charge in [0.25, 0.3) is 5.91 Å². The summed E-state index contributed by atoms with van der Waals surface area (Å²) in [5, 5.41) is 4.07. The first-order valence-corrected chi connectivity index (χ1v) is 14.7. The van der Waals surface area contributed by atoms with Crippen LogP contribution in [0.4, 0.5) is 10.1 Å². The lowest BCUT2D eigenvalue weighted by molar-refractivity contribution is -0.123. The number of rotatable bonds is 7. The van der Waals surface area contributed by atoms with Crippen molar-refractivity contribution in [2.24, 2.45) is 0 Å². The van der Waals surface area contributed by atoms with Crippen LogP contribution in [0, 0.1) is 5.82 Å². The molecular formula is C35H44FN3O2. The second-order valence-corrected chi connectivity index (χ2v) is 9.50. The molecule has 0 saturated heterocycles. The average Bonchev–Trinajstić information content (AvgIpc) is 3.46. The SMILES string of the molecule is C=Cc1ccccc1C(C(=O)NC1CCCCC1)N(C(=O)c1cc2ccccc2[nH]1)c1cccc(F)c1.CC.CC.[HH]. The topological polar surface area (TPSA) is 65.2 Å². The van der Waals surface area contributed by atoms with Crippen molar-refractivity contribution in [1.29, 1.82) is 0 Å². The second-order valence-electron chi connectivity index (χ2n) is 9.50. The Labute approximate surface area is 245 Å². The number of aromatic amines is 1. The third-order valence-corrected chi connectivity index (χ3v) is 7.03. The molecule has 6 heteroatoms. The zero-order chi connectivity index (χ0) is 29.8.